The van der Waals surface area contributed by atoms with E-state index in [9.17, 15) is 0 Å². The minimum Gasteiger partial charge on any atom is -0.303 e. The molecule has 0 aliphatic heterocycles. The maximum atomic E-state index is 3.97. The van der Waals surface area contributed by atoms with Gasteiger partial charge in [0, 0.05) is 10.9 Å². The fraction of sp³-hybridized carbons (Fsp3) is 0. The second-order valence-electron chi connectivity index (χ2n) is 2.18. The molecule has 0 bridgehead atoms. The molecule has 0 aliphatic rings. The Morgan fingerprint density at radius 1 is 1.30 bits per heavy atom. The fourth-order valence-electron chi connectivity index (χ4n) is 0.961. The Hall–Kier alpha value is -0.848. The number of fused-ring (bicyclic) bond motifs is 1. The molecule has 2 heterocycles. The van der Waals surface area contributed by atoms with E-state index < -0.39 is 0 Å². The number of nitrogens with zero attached hydrogens (tertiary/aromatic N) is 3. The van der Waals surface area contributed by atoms with Crippen molar-refractivity contribution in [2.45, 2.75) is 0 Å². The Labute approximate surface area is 66.1 Å². The second-order valence-corrected chi connectivity index (χ2v) is 3.07. The Balaban J connectivity index is 2.93. The largest absolute Gasteiger partial charge is 0.322 e. The van der Waals surface area contributed by atoms with Crippen molar-refractivity contribution in [3.8, 4) is 0 Å². The molecule has 2 aromatic rings. The summed E-state index contributed by atoms with van der Waals surface area (Å²) in [7, 11) is 0. The van der Waals surface area contributed by atoms with Gasteiger partial charge in [0.05, 0.1) is 0 Å². The highest BCUT2D eigenvalue weighted by molar-refractivity contribution is 6.29. The summed E-state index contributed by atoms with van der Waals surface area (Å²) in [5.41, 5.74) is 0.938. The molecule has 48 valence electrons. The predicted molar refractivity (Wildman–Crippen MR) is 41.2 cm³/mol. The van der Waals surface area contributed by atoms with Crippen molar-refractivity contribution in [2.24, 2.45) is 0 Å². The molecule has 0 N–H and O–H groups in total. The molecule has 0 fully saturated rings. The maximum absolute atomic E-state index is 3.97. The van der Waals surface area contributed by atoms with Gasteiger partial charge in [-0.3, -0.25) is 0 Å². The van der Waals surface area contributed by atoms with Crippen molar-refractivity contribution in [3.63, 3.8) is 0 Å². The van der Waals surface area contributed by atoms with E-state index >= 15 is 0 Å². The van der Waals surface area contributed by atoms with E-state index in [2.05, 4.69) is 10.2 Å². The van der Waals surface area contributed by atoms with Gasteiger partial charge in [-0.15, -0.1) is 5.10 Å². The van der Waals surface area contributed by atoms with E-state index in [0.29, 0.717) is 0 Å². The van der Waals surface area contributed by atoms with Gasteiger partial charge >= 0.3 is 16.3 Å². The van der Waals surface area contributed by atoms with E-state index in [-0.39, 0.29) is 0 Å². The van der Waals surface area contributed by atoms with Crippen molar-refractivity contribution in [3.05, 3.63) is 24.4 Å². The average molecular weight is 147 g/mol. The Kier molecular flexibility index (Phi) is 1.23. The van der Waals surface area contributed by atoms with Gasteiger partial charge in [0.15, 0.2) is 5.65 Å². The molecule has 2 aromatic heterocycles. The highest BCUT2D eigenvalue weighted by atomic mass is 27.0. The van der Waals surface area contributed by atoms with Crippen LogP contribution in [0.15, 0.2) is 24.4 Å². The summed E-state index contributed by atoms with van der Waals surface area (Å²) in [5.74, 6) is 0. The normalized spacial score (nSPS) is 10.4. The highest BCUT2D eigenvalue weighted by Crippen LogP contribution is 1.92. The first-order chi connectivity index (χ1) is 4.88. The van der Waals surface area contributed by atoms with Crippen LogP contribution >= 0.6 is 0 Å². The van der Waals surface area contributed by atoms with Crippen LogP contribution in [0.3, 0.4) is 0 Å². The molecule has 0 aromatic carbocycles. The third-order valence-electron chi connectivity index (χ3n) is 1.48. The monoisotopic (exact) mass is 147 g/mol. The van der Waals surface area contributed by atoms with Gasteiger partial charge in [0.1, 0.15) is 0 Å². The lowest BCUT2D eigenvalue weighted by molar-refractivity contribution is 1.14. The predicted octanol–water partition coefficient (Wildman–Crippen LogP) is -1.01. The summed E-state index contributed by atoms with van der Waals surface area (Å²) >= 11 is 0.949. The Morgan fingerprint density at radius 3 is 3.00 bits per heavy atom. The van der Waals surface area contributed by atoms with Crippen LogP contribution in [-0.2, 0) is 0 Å². The van der Waals surface area contributed by atoms with Gasteiger partial charge < -0.3 is 4.40 Å². The molecule has 3 nitrogen and oxygen atoms in total. The van der Waals surface area contributed by atoms with E-state index in [4.69, 9.17) is 0 Å². The SMILES string of the molecule is [AlH2][c]1nnc2ccccn12. The van der Waals surface area contributed by atoms with Gasteiger partial charge in [-0.2, -0.15) is 5.10 Å². The topological polar surface area (TPSA) is 30.2 Å². The summed E-state index contributed by atoms with van der Waals surface area (Å²) in [6.45, 7) is 0. The third kappa shape index (κ3) is 0.738. The van der Waals surface area contributed by atoms with Crippen LogP contribution in [0, 0.1) is 0 Å². The zero-order valence-electron chi connectivity index (χ0n) is 5.65. The minimum absolute atomic E-state index is 0.938. The van der Waals surface area contributed by atoms with Crippen molar-refractivity contribution < 1.29 is 0 Å². The summed E-state index contributed by atoms with van der Waals surface area (Å²) in [6.07, 6.45) is 1.98. The lowest BCUT2D eigenvalue weighted by Gasteiger charge is -1.90. The number of hydrogen-bond acceptors (Lipinski definition) is 2. The van der Waals surface area contributed by atoms with Crippen LogP contribution < -0.4 is 4.69 Å². The van der Waals surface area contributed by atoms with Gasteiger partial charge in [-0.25, -0.2) is 0 Å². The summed E-state index contributed by atoms with van der Waals surface area (Å²) in [4.78, 5) is 0. The summed E-state index contributed by atoms with van der Waals surface area (Å²) in [5, 5.41) is 7.94. The van der Waals surface area contributed by atoms with Gasteiger partial charge in [-0.05, 0) is 12.1 Å². The van der Waals surface area contributed by atoms with E-state index in [1.165, 1.54) is 0 Å². The molecule has 0 spiro atoms. The number of pyridine rings is 1. The van der Waals surface area contributed by atoms with E-state index in [1.807, 2.05) is 28.8 Å². The van der Waals surface area contributed by atoms with E-state index in [1.54, 1.807) is 0 Å². The van der Waals surface area contributed by atoms with Crippen molar-refractivity contribution in [1.82, 2.24) is 14.6 Å². The molecule has 0 saturated heterocycles. The third-order valence-corrected chi connectivity index (χ3v) is 2.17. The van der Waals surface area contributed by atoms with Crippen LogP contribution in [0.25, 0.3) is 5.65 Å². The average Bonchev–Trinajstić information content (AvgIpc) is 2.34. The second kappa shape index (κ2) is 2.08. The van der Waals surface area contributed by atoms with Crippen molar-refractivity contribution >= 4 is 26.6 Å². The Bertz CT molecular complexity index is 355. The first kappa shape index (κ1) is 5.90. The standard InChI is InChI=1S/C6H4N3.Al.2H/c1-2-4-9-5-7-8-6(9)3-1;;;/h1-4H;;;. The zero-order chi connectivity index (χ0) is 6.97. The van der Waals surface area contributed by atoms with Crippen LogP contribution in [0.2, 0.25) is 0 Å². The molecule has 0 radical (unpaired) electrons. The number of rotatable bonds is 0. The van der Waals surface area contributed by atoms with Crippen LogP contribution in [0.4, 0.5) is 0 Å². The van der Waals surface area contributed by atoms with E-state index in [0.717, 1.165) is 26.6 Å². The molecule has 0 saturated carbocycles. The van der Waals surface area contributed by atoms with Crippen LogP contribution in [0.1, 0.15) is 0 Å². The van der Waals surface area contributed by atoms with Crippen molar-refractivity contribution in [2.75, 3.05) is 0 Å². The van der Waals surface area contributed by atoms with Gasteiger partial charge in [0.25, 0.3) is 0 Å². The molecule has 0 aliphatic carbocycles. The van der Waals surface area contributed by atoms with Gasteiger partial charge in [0.2, 0.25) is 0 Å². The first-order valence-corrected chi connectivity index (χ1v) is 4.14. The zero-order valence-corrected chi connectivity index (χ0v) is 7.65. The Morgan fingerprint density at radius 2 is 2.20 bits per heavy atom. The smallest absolute Gasteiger partial charge is 0.303 e. The lowest BCUT2D eigenvalue weighted by atomic mass is 10.5. The molecule has 2 rings (SSSR count). The number of aromatic nitrogens is 3. The molecular weight excluding hydrogens is 141 g/mol. The minimum atomic E-state index is 0.938. The summed E-state index contributed by atoms with van der Waals surface area (Å²) in [6, 6.07) is 5.90. The van der Waals surface area contributed by atoms with Crippen LogP contribution in [0.5, 0.6) is 0 Å². The molecule has 10 heavy (non-hydrogen) atoms. The highest BCUT2D eigenvalue weighted by Gasteiger charge is 1.94. The molecule has 4 heteroatoms. The molecule has 0 amide bonds. The lowest BCUT2D eigenvalue weighted by Crippen LogP contribution is -2.11. The molecule has 0 atom stereocenters. The molecule has 0 unspecified atom stereocenters. The van der Waals surface area contributed by atoms with Crippen LogP contribution in [-0.4, -0.2) is 30.9 Å². The number of hydrogen-bond donors (Lipinski definition) is 0. The first-order valence-electron chi connectivity index (χ1n) is 3.14. The van der Waals surface area contributed by atoms with Crippen molar-refractivity contribution in [1.29, 1.82) is 0 Å². The fourth-order valence-corrected chi connectivity index (χ4v) is 1.44. The molecular formula is C6H6AlN3. The maximum Gasteiger partial charge on any atom is 0.322 e. The van der Waals surface area contributed by atoms with Gasteiger partial charge in [-0.1, -0.05) is 6.07 Å². The quantitative estimate of drug-likeness (QED) is 0.447. The summed E-state index contributed by atoms with van der Waals surface area (Å²) < 4.78 is 3.07.